The van der Waals surface area contributed by atoms with E-state index in [0.717, 1.165) is 0 Å². The van der Waals surface area contributed by atoms with Gasteiger partial charge >= 0.3 is 5.97 Å². The molecule has 0 atom stereocenters. The van der Waals surface area contributed by atoms with Gasteiger partial charge in [0, 0.05) is 12.4 Å². The Balaban J connectivity index is 3.29. The Morgan fingerprint density at radius 3 is 2.75 bits per heavy atom. The zero-order valence-corrected chi connectivity index (χ0v) is 7.30. The summed E-state index contributed by atoms with van der Waals surface area (Å²) in [5.74, 6) is -1.00. The first-order valence-corrected chi connectivity index (χ1v) is 3.90. The molecule has 4 heteroatoms. The number of aryl methyl sites for hydroxylation is 1. The highest BCUT2D eigenvalue weighted by molar-refractivity contribution is 6.33. The lowest BCUT2D eigenvalue weighted by atomic mass is 10.1. The van der Waals surface area contributed by atoms with Crippen molar-refractivity contribution in [3.63, 3.8) is 0 Å². The number of aromatic nitrogens is 1. The van der Waals surface area contributed by atoms with Crippen LogP contribution in [0.15, 0.2) is 12.4 Å². The second-order valence-corrected chi connectivity index (χ2v) is 2.72. The van der Waals surface area contributed by atoms with Gasteiger partial charge < -0.3 is 5.11 Å². The summed E-state index contributed by atoms with van der Waals surface area (Å²) < 4.78 is 0. The lowest BCUT2D eigenvalue weighted by Crippen LogP contribution is -2.03. The number of carbonyl (C=O) groups is 1. The molecule has 0 spiro atoms. The van der Waals surface area contributed by atoms with Crippen LogP contribution < -0.4 is 0 Å². The van der Waals surface area contributed by atoms with Crippen LogP contribution in [0.4, 0.5) is 0 Å². The number of carboxylic acid groups (broad SMARTS) is 1. The maximum Gasteiger partial charge on any atom is 0.337 e. The summed E-state index contributed by atoms with van der Waals surface area (Å²) in [6.07, 6.45) is 3.48. The molecule has 3 nitrogen and oxygen atoms in total. The van der Waals surface area contributed by atoms with Gasteiger partial charge in [-0.15, -0.1) is 0 Å². The summed E-state index contributed by atoms with van der Waals surface area (Å²) in [6, 6.07) is 0. The highest BCUT2D eigenvalue weighted by Gasteiger charge is 2.12. The van der Waals surface area contributed by atoms with Gasteiger partial charge in [0.2, 0.25) is 0 Å². The first-order valence-electron chi connectivity index (χ1n) is 3.52. The SMILES string of the molecule is CCc1cncc(Cl)c1C(=O)O. The Morgan fingerprint density at radius 2 is 2.33 bits per heavy atom. The largest absolute Gasteiger partial charge is 0.478 e. The van der Waals surface area contributed by atoms with Crippen molar-refractivity contribution in [3.05, 3.63) is 28.5 Å². The van der Waals surface area contributed by atoms with Crippen molar-refractivity contribution in [2.24, 2.45) is 0 Å². The van der Waals surface area contributed by atoms with Crippen LogP contribution in [0.5, 0.6) is 0 Å². The molecule has 0 aromatic carbocycles. The van der Waals surface area contributed by atoms with E-state index in [4.69, 9.17) is 16.7 Å². The van der Waals surface area contributed by atoms with Crippen molar-refractivity contribution in [1.29, 1.82) is 0 Å². The second kappa shape index (κ2) is 3.54. The van der Waals surface area contributed by atoms with E-state index in [1.807, 2.05) is 6.92 Å². The standard InChI is InChI=1S/C8H8ClNO2/c1-2-5-3-10-4-6(9)7(5)8(11)12/h3-4H,2H2,1H3,(H,11,12). The van der Waals surface area contributed by atoms with E-state index in [-0.39, 0.29) is 10.6 Å². The zero-order chi connectivity index (χ0) is 9.14. The van der Waals surface area contributed by atoms with Crippen LogP contribution in [-0.2, 0) is 6.42 Å². The molecule has 0 saturated carbocycles. The number of nitrogens with zero attached hydrogens (tertiary/aromatic N) is 1. The minimum Gasteiger partial charge on any atom is -0.478 e. The van der Waals surface area contributed by atoms with Crippen molar-refractivity contribution in [3.8, 4) is 0 Å². The van der Waals surface area contributed by atoms with Gasteiger partial charge in [-0.3, -0.25) is 4.98 Å². The fourth-order valence-corrected chi connectivity index (χ4v) is 1.24. The van der Waals surface area contributed by atoms with Crippen LogP contribution in [0.25, 0.3) is 0 Å². The topological polar surface area (TPSA) is 50.2 Å². The third-order valence-electron chi connectivity index (χ3n) is 1.57. The second-order valence-electron chi connectivity index (χ2n) is 2.31. The summed E-state index contributed by atoms with van der Waals surface area (Å²) in [6.45, 7) is 1.86. The van der Waals surface area contributed by atoms with Gasteiger partial charge in [0.15, 0.2) is 0 Å². The predicted octanol–water partition coefficient (Wildman–Crippen LogP) is 2.00. The van der Waals surface area contributed by atoms with Gasteiger partial charge in [-0.25, -0.2) is 4.79 Å². The first-order chi connectivity index (χ1) is 5.66. The van der Waals surface area contributed by atoms with E-state index >= 15 is 0 Å². The molecule has 0 fully saturated rings. The van der Waals surface area contributed by atoms with Crippen LogP contribution in [0.2, 0.25) is 5.02 Å². The summed E-state index contributed by atoms with van der Waals surface area (Å²) in [5, 5.41) is 8.96. The molecule has 1 aromatic rings. The number of carboxylic acids is 1. The summed E-state index contributed by atoms with van der Waals surface area (Å²) in [5.41, 5.74) is 0.823. The smallest absolute Gasteiger partial charge is 0.337 e. The van der Waals surface area contributed by atoms with Crippen LogP contribution >= 0.6 is 11.6 Å². The van der Waals surface area contributed by atoms with Crippen molar-refractivity contribution in [1.82, 2.24) is 4.98 Å². The monoisotopic (exact) mass is 185 g/mol. The molecule has 0 bridgehead atoms. The lowest BCUT2D eigenvalue weighted by Gasteiger charge is -2.03. The minimum absolute atomic E-state index is 0.161. The quantitative estimate of drug-likeness (QED) is 0.767. The number of halogens is 1. The van der Waals surface area contributed by atoms with Crippen LogP contribution in [-0.4, -0.2) is 16.1 Å². The van der Waals surface area contributed by atoms with E-state index in [1.54, 1.807) is 0 Å². The Labute approximate surface area is 75.0 Å². The molecule has 1 aromatic heterocycles. The van der Waals surface area contributed by atoms with E-state index in [0.29, 0.717) is 12.0 Å². The van der Waals surface area contributed by atoms with Crippen LogP contribution in [0, 0.1) is 0 Å². The first kappa shape index (κ1) is 9.00. The highest BCUT2D eigenvalue weighted by Crippen LogP contribution is 2.18. The molecule has 0 aliphatic carbocycles. The lowest BCUT2D eigenvalue weighted by molar-refractivity contribution is 0.0696. The minimum atomic E-state index is -1.00. The van der Waals surface area contributed by atoms with Crippen LogP contribution in [0.1, 0.15) is 22.8 Å². The van der Waals surface area contributed by atoms with E-state index in [9.17, 15) is 4.79 Å². The molecule has 0 amide bonds. The molecular weight excluding hydrogens is 178 g/mol. The van der Waals surface area contributed by atoms with Gasteiger partial charge in [0.05, 0.1) is 10.6 Å². The van der Waals surface area contributed by atoms with E-state index in [1.165, 1.54) is 12.4 Å². The average Bonchev–Trinajstić information content (AvgIpc) is 2.03. The molecule has 0 aliphatic rings. The molecule has 0 unspecified atom stereocenters. The Hall–Kier alpha value is -1.09. The molecule has 64 valence electrons. The number of hydrogen-bond acceptors (Lipinski definition) is 2. The normalized spacial score (nSPS) is 9.83. The Morgan fingerprint density at radius 1 is 1.67 bits per heavy atom. The van der Waals surface area contributed by atoms with Gasteiger partial charge in [-0.1, -0.05) is 18.5 Å². The van der Waals surface area contributed by atoms with E-state index < -0.39 is 5.97 Å². The predicted molar refractivity (Wildman–Crippen MR) is 45.6 cm³/mol. The van der Waals surface area contributed by atoms with Gasteiger partial charge in [-0.05, 0) is 12.0 Å². The van der Waals surface area contributed by atoms with Crippen molar-refractivity contribution in [2.45, 2.75) is 13.3 Å². The molecule has 0 radical (unpaired) electrons. The molecule has 1 heterocycles. The maximum absolute atomic E-state index is 10.7. The molecule has 1 N–H and O–H groups in total. The Bertz CT molecular complexity index is 312. The number of aromatic carboxylic acids is 1. The fraction of sp³-hybridized carbons (Fsp3) is 0.250. The summed E-state index contributed by atoms with van der Waals surface area (Å²) in [7, 11) is 0. The van der Waals surface area contributed by atoms with Gasteiger partial charge in [0.1, 0.15) is 0 Å². The van der Waals surface area contributed by atoms with E-state index in [2.05, 4.69) is 4.98 Å². The maximum atomic E-state index is 10.7. The number of rotatable bonds is 2. The fourth-order valence-electron chi connectivity index (χ4n) is 0.983. The third kappa shape index (κ3) is 1.56. The number of hydrogen-bond donors (Lipinski definition) is 1. The zero-order valence-electron chi connectivity index (χ0n) is 6.54. The summed E-state index contributed by atoms with van der Waals surface area (Å²) >= 11 is 5.66. The van der Waals surface area contributed by atoms with Gasteiger partial charge in [0.25, 0.3) is 0 Å². The van der Waals surface area contributed by atoms with Gasteiger partial charge in [-0.2, -0.15) is 0 Å². The molecule has 12 heavy (non-hydrogen) atoms. The summed E-state index contributed by atoms with van der Waals surface area (Å²) in [4.78, 5) is 14.5. The molecular formula is C8H8ClNO2. The molecule has 0 aliphatic heterocycles. The van der Waals surface area contributed by atoms with Crippen molar-refractivity contribution < 1.29 is 9.90 Å². The number of pyridine rings is 1. The highest BCUT2D eigenvalue weighted by atomic mass is 35.5. The van der Waals surface area contributed by atoms with Crippen LogP contribution in [0.3, 0.4) is 0 Å². The Kier molecular flexibility index (Phi) is 2.65. The third-order valence-corrected chi connectivity index (χ3v) is 1.86. The van der Waals surface area contributed by atoms with Crippen molar-refractivity contribution in [2.75, 3.05) is 0 Å². The molecule has 0 saturated heterocycles. The molecule has 1 rings (SSSR count). The average molecular weight is 186 g/mol. The van der Waals surface area contributed by atoms with Crippen molar-refractivity contribution >= 4 is 17.6 Å².